The van der Waals surface area contributed by atoms with Crippen LogP contribution in [0, 0.1) is 0 Å². The highest BCUT2D eigenvalue weighted by molar-refractivity contribution is 4.93. The average Bonchev–Trinajstić information content (AvgIpc) is 2.31. The lowest BCUT2D eigenvalue weighted by Crippen LogP contribution is -2.38. The molecule has 2 aromatic rings. The van der Waals surface area contributed by atoms with E-state index in [1.54, 1.807) is 25.5 Å². The largest absolute Gasteiger partial charge is 0.331 e. The predicted octanol–water partition coefficient (Wildman–Crippen LogP) is -0.615. The first kappa shape index (κ1) is 10.3. The third kappa shape index (κ3) is 1.90. The number of hydrogen-bond acceptors (Lipinski definition) is 4. The Kier molecular flexibility index (Phi) is 2.63. The Balaban J connectivity index is 2.47. The first-order valence-corrected chi connectivity index (χ1v) is 4.71. The van der Waals surface area contributed by atoms with Gasteiger partial charge in [0, 0.05) is 31.7 Å². The molecule has 0 radical (unpaired) electrons. The van der Waals surface area contributed by atoms with E-state index in [4.69, 9.17) is 0 Å². The highest BCUT2D eigenvalue weighted by Crippen LogP contribution is 1.88. The zero-order valence-electron chi connectivity index (χ0n) is 8.70. The molecule has 16 heavy (non-hydrogen) atoms. The van der Waals surface area contributed by atoms with Crippen molar-refractivity contribution >= 4 is 0 Å². The summed E-state index contributed by atoms with van der Waals surface area (Å²) in [6.07, 6.45) is 4.58. The molecule has 2 aromatic heterocycles. The fourth-order valence-corrected chi connectivity index (χ4v) is 1.31. The smallest absolute Gasteiger partial charge is 0.303 e. The summed E-state index contributed by atoms with van der Waals surface area (Å²) in [5.74, 6) is 0.438. The van der Waals surface area contributed by atoms with Gasteiger partial charge in [-0.15, -0.1) is 0 Å². The van der Waals surface area contributed by atoms with Gasteiger partial charge >= 0.3 is 5.69 Å². The molecule has 82 valence electrons. The Morgan fingerprint density at radius 1 is 1.25 bits per heavy atom. The van der Waals surface area contributed by atoms with Gasteiger partial charge in [-0.25, -0.2) is 14.8 Å². The van der Waals surface area contributed by atoms with E-state index in [2.05, 4.69) is 9.97 Å². The van der Waals surface area contributed by atoms with Gasteiger partial charge in [-0.1, -0.05) is 0 Å². The van der Waals surface area contributed by atoms with E-state index in [0.717, 1.165) is 4.57 Å². The lowest BCUT2D eigenvalue weighted by Gasteiger charge is -2.04. The Morgan fingerprint density at radius 2 is 1.94 bits per heavy atom. The van der Waals surface area contributed by atoms with Crippen molar-refractivity contribution in [3.05, 3.63) is 57.4 Å². The van der Waals surface area contributed by atoms with Crippen LogP contribution in [0.2, 0.25) is 0 Å². The SMILES string of the molecule is Cn1ccc(=O)n(Cc2ncccn2)c1=O. The molecular weight excluding hydrogens is 208 g/mol. The predicted molar refractivity (Wildman–Crippen MR) is 57.1 cm³/mol. The van der Waals surface area contributed by atoms with Crippen LogP contribution in [0.15, 0.2) is 40.3 Å². The monoisotopic (exact) mass is 218 g/mol. The van der Waals surface area contributed by atoms with Gasteiger partial charge in [0.25, 0.3) is 5.56 Å². The summed E-state index contributed by atoms with van der Waals surface area (Å²) in [6.45, 7) is 0.0905. The maximum Gasteiger partial charge on any atom is 0.331 e. The summed E-state index contributed by atoms with van der Waals surface area (Å²) in [7, 11) is 1.59. The third-order valence-corrected chi connectivity index (χ3v) is 2.16. The molecule has 0 spiro atoms. The summed E-state index contributed by atoms with van der Waals surface area (Å²) in [5, 5.41) is 0. The van der Waals surface area contributed by atoms with Gasteiger partial charge in [-0.05, 0) is 6.07 Å². The topological polar surface area (TPSA) is 69.8 Å². The molecule has 0 aliphatic rings. The third-order valence-electron chi connectivity index (χ3n) is 2.16. The highest BCUT2D eigenvalue weighted by Gasteiger charge is 2.04. The molecule has 6 heteroatoms. The average molecular weight is 218 g/mol. The molecule has 0 bridgehead atoms. The number of aryl methyl sites for hydroxylation is 1. The molecule has 6 nitrogen and oxygen atoms in total. The second kappa shape index (κ2) is 4.09. The number of rotatable bonds is 2. The second-order valence-electron chi connectivity index (χ2n) is 3.30. The van der Waals surface area contributed by atoms with Crippen LogP contribution in [0.1, 0.15) is 5.82 Å². The molecule has 0 saturated carbocycles. The van der Waals surface area contributed by atoms with Crippen molar-refractivity contribution in [1.29, 1.82) is 0 Å². The van der Waals surface area contributed by atoms with Crippen LogP contribution in [0.3, 0.4) is 0 Å². The minimum absolute atomic E-state index is 0.0905. The van der Waals surface area contributed by atoms with E-state index in [9.17, 15) is 9.59 Å². The molecular formula is C10H10N4O2. The molecule has 0 aliphatic carbocycles. The van der Waals surface area contributed by atoms with Crippen LogP contribution in [-0.2, 0) is 13.6 Å². The fraction of sp³-hybridized carbons (Fsp3) is 0.200. The molecule has 2 heterocycles. The van der Waals surface area contributed by atoms with E-state index in [0.29, 0.717) is 5.82 Å². The van der Waals surface area contributed by atoms with Gasteiger partial charge in [0.15, 0.2) is 0 Å². The van der Waals surface area contributed by atoms with Crippen LogP contribution in [0.4, 0.5) is 0 Å². The van der Waals surface area contributed by atoms with Crippen LogP contribution in [-0.4, -0.2) is 19.1 Å². The molecule has 0 unspecified atom stereocenters. The van der Waals surface area contributed by atoms with Crippen LogP contribution in [0.5, 0.6) is 0 Å². The molecule has 0 N–H and O–H groups in total. The first-order valence-electron chi connectivity index (χ1n) is 4.71. The van der Waals surface area contributed by atoms with Crippen molar-refractivity contribution in [3.8, 4) is 0 Å². The maximum absolute atomic E-state index is 11.7. The minimum atomic E-state index is -0.375. The molecule has 0 aliphatic heterocycles. The molecule has 0 atom stereocenters. The first-order chi connectivity index (χ1) is 7.68. The molecule has 0 fully saturated rings. The zero-order valence-corrected chi connectivity index (χ0v) is 8.70. The van der Waals surface area contributed by atoms with Gasteiger partial charge < -0.3 is 4.57 Å². The van der Waals surface area contributed by atoms with E-state index in [-0.39, 0.29) is 17.8 Å². The lowest BCUT2D eigenvalue weighted by atomic mass is 10.5. The molecule has 0 saturated heterocycles. The van der Waals surface area contributed by atoms with Crippen molar-refractivity contribution in [3.63, 3.8) is 0 Å². The summed E-state index contributed by atoms with van der Waals surface area (Å²) in [6, 6.07) is 3.01. The van der Waals surface area contributed by atoms with Gasteiger partial charge in [0.1, 0.15) is 5.82 Å². The van der Waals surface area contributed by atoms with Crippen LogP contribution >= 0.6 is 0 Å². The Labute approximate surface area is 90.8 Å². The Hall–Kier alpha value is -2.24. The summed E-state index contributed by atoms with van der Waals surface area (Å²) >= 11 is 0. The van der Waals surface area contributed by atoms with Crippen LogP contribution in [0.25, 0.3) is 0 Å². The van der Waals surface area contributed by atoms with Gasteiger partial charge in [0.2, 0.25) is 0 Å². The standard InChI is InChI=1S/C10H10N4O2/c1-13-6-3-9(15)14(10(13)16)7-8-11-4-2-5-12-8/h2-6H,7H2,1H3. The van der Waals surface area contributed by atoms with Crippen molar-refractivity contribution in [1.82, 2.24) is 19.1 Å². The van der Waals surface area contributed by atoms with Crippen molar-refractivity contribution in [2.45, 2.75) is 6.54 Å². The number of aromatic nitrogens is 4. The van der Waals surface area contributed by atoms with Crippen molar-refractivity contribution in [2.75, 3.05) is 0 Å². The van der Waals surface area contributed by atoms with Crippen molar-refractivity contribution in [2.24, 2.45) is 7.05 Å². The second-order valence-corrected chi connectivity index (χ2v) is 3.30. The number of nitrogens with zero attached hydrogens (tertiary/aromatic N) is 4. The normalized spacial score (nSPS) is 10.3. The zero-order chi connectivity index (χ0) is 11.5. The fourth-order valence-electron chi connectivity index (χ4n) is 1.31. The minimum Gasteiger partial charge on any atom is -0.303 e. The van der Waals surface area contributed by atoms with E-state index in [1.165, 1.54) is 16.8 Å². The summed E-state index contributed by atoms with van der Waals surface area (Å²) < 4.78 is 2.43. The van der Waals surface area contributed by atoms with Gasteiger partial charge in [0.05, 0.1) is 6.54 Å². The van der Waals surface area contributed by atoms with Crippen LogP contribution < -0.4 is 11.2 Å². The maximum atomic E-state index is 11.7. The quantitative estimate of drug-likeness (QED) is 0.674. The molecule has 0 aromatic carbocycles. The molecule has 0 amide bonds. The highest BCUT2D eigenvalue weighted by atomic mass is 16.2. The molecule has 2 rings (SSSR count). The van der Waals surface area contributed by atoms with E-state index in [1.807, 2.05) is 0 Å². The number of hydrogen-bond donors (Lipinski definition) is 0. The van der Waals surface area contributed by atoms with Crippen molar-refractivity contribution < 1.29 is 0 Å². The Bertz CT molecular complexity index is 600. The summed E-state index contributed by atoms with van der Waals surface area (Å²) in [4.78, 5) is 31.1. The summed E-state index contributed by atoms with van der Waals surface area (Å²) in [5.41, 5.74) is -0.726. The Morgan fingerprint density at radius 3 is 2.62 bits per heavy atom. The van der Waals surface area contributed by atoms with Gasteiger partial charge in [-0.3, -0.25) is 9.36 Å². The lowest BCUT2D eigenvalue weighted by molar-refractivity contribution is 0.620. The van der Waals surface area contributed by atoms with E-state index < -0.39 is 0 Å². The van der Waals surface area contributed by atoms with Gasteiger partial charge in [-0.2, -0.15) is 0 Å². The van der Waals surface area contributed by atoms with E-state index >= 15 is 0 Å².